The van der Waals surface area contributed by atoms with Gasteiger partial charge in [0, 0.05) is 25.1 Å². The molecule has 2 atom stereocenters. The van der Waals surface area contributed by atoms with E-state index in [2.05, 4.69) is 5.32 Å². The monoisotopic (exact) mass is 268 g/mol. The molecular weight excluding hydrogens is 240 g/mol. The van der Waals surface area contributed by atoms with Crippen molar-refractivity contribution in [3.8, 4) is 0 Å². The number of aliphatic hydroxyl groups is 1. The Hall–Kier alpha value is -0.610. The van der Waals surface area contributed by atoms with Crippen LogP contribution in [-0.2, 0) is 4.79 Å². The van der Waals surface area contributed by atoms with Crippen LogP contribution < -0.4 is 11.1 Å². The maximum Gasteiger partial charge on any atom is 0.227 e. The maximum absolute atomic E-state index is 12.6. The van der Waals surface area contributed by atoms with Crippen molar-refractivity contribution in [3.63, 3.8) is 0 Å². The Bertz CT molecular complexity index is 299. The average molecular weight is 268 g/mol. The minimum absolute atomic E-state index is 0.141. The predicted octanol–water partition coefficient (Wildman–Crippen LogP) is 1.56. The van der Waals surface area contributed by atoms with E-state index >= 15 is 0 Å². The Kier molecular flexibility index (Phi) is 5.22. The van der Waals surface area contributed by atoms with E-state index in [-0.39, 0.29) is 29.9 Å². The number of carbonyl (C=O) groups is 1. The third kappa shape index (κ3) is 3.29. The van der Waals surface area contributed by atoms with E-state index < -0.39 is 0 Å². The van der Waals surface area contributed by atoms with Crippen LogP contribution >= 0.6 is 0 Å². The summed E-state index contributed by atoms with van der Waals surface area (Å²) in [5.41, 5.74) is 5.59. The van der Waals surface area contributed by atoms with Gasteiger partial charge in [-0.25, -0.2) is 0 Å². The zero-order chi connectivity index (χ0) is 13.7. The van der Waals surface area contributed by atoms with Gasteiger partial charge in [-0.05, 0) is 25.7 Å². The summed E-state index contributed by atoms with van der Waals surface area (Å²) in [5.74, 6) is 0.381. The minimum atomic E-state index is -0.348. The van der Waals surface area contributed by atoms with Gasteiger partial charge in [0.05, 0.1) is 5.41 Å². The molecule has 0 spiro atoms. The summed E-state index contributed by atoms with van der Waals surface area (Å²) in [6.45, 7) is 0.635. The van der Waals surface area contributed by atoms with Crippen molar-refractivity contribution < 1.29 is 9.90 Å². The van der Waals surface area contributed by atoms with Gasteiger partial charge in [0.2, 0.25) is 5.91 Å². The Balaban J connectivity index is 1.99. The van der Waals surface area contributed by atoms with Crippen LogP contribution in [-0.4, -0.2) is 30.2 Å². The van der Waals surface area contributed by atoms with Gasteiger partial charge in [-0.1, -0.05) is 32.1 Å². The van der Waals surface area contributed by atoms with Crippen LogP contribution in [0.2, 0.25) is 0 Å². The topological polar surface area (TPSA) is 75.4 Å². The maximum atomic E-state index is 12.6. The Morgan fingerprint density at radius 2 is 1.84 bits per heavy atom. The summed E-state index contributed by atoms with van der Waals surface area (Å²) in [6.07, 6.45) is 9.63. The van der Waals surface area contributed by atoms with Gasteiger partial charge in [0.15, 0.2) is 0 Å². The molecule has 0 aromatic carbocycles. The smallest absolute Gasteiger partial charge is 0.227 e. The molecule has 0 saturated heterocycles. The fourth-order valence-electron chi connectivity index (χ4n) is 3.70. The summed E-state index contributed by atoms with van der Waals surface area (Å²) in [4.78, 5) is 12.6. The molecule has 0 bridgehead atoms. The summed E-state index contributed by atoms with van der Waals surface area (Å²) in [5, 5.41) is 12.5. The normalized spacial score (nSPS) is 30.8. The number of hydrogen-bond donors (Lipinski definition) is 3. The Labute approximate surface area is 116 Å². The first kappa shape index (κ1) is 14.8. The average Bonchev–Trinajstić information content (AvgIpc) is 2.73. The second kappa shape index (κ2) is 6.71. The number of rotatable bonds is 4. The molecule has 0 aromatic heterocycles. The van der Waals surface area contributed by atoms with Crippen LogP contribution in [0.1, 0.15) is 57.8 Å². The highest BCUT2D eigenvalue weighted by molar-refractivity contribution is 5.83. The van der Waals surface area contributed by atoms with E-state index in [1.807, 2.05) is 0 Å². The summed E-state index contributed by atoms with van der Waals surface area (Å²) < 4.78 is 0. The lowest BCUT2D eigenvalue weighted by Gasteiger charge is -2.32. The van der Waals surface area contributed by atoms with Crippen LogP contribution in [0.25, 0.3) is 0 Å². The van der Waals surface area contributed by atoms with Crippen LogP contribution in [0.15, 0.2) is 0 Å². The minimum Gasteiger partial charge on any atom is -0.396 e. The van der Waals surface area contributed by atoms with Crippen molar-refractivity contribution in [2.75, 3.05) is 13.2 Å². The molecule has 4 nitrogen and oxygen atoms in total. The third-order valence-electron chi connectivity index (χ3n) is 5.14. The molecule has 2 rings (SSSR count). The highest BCUT2D eigenvalue weighted by Gasteiger charge is 2.39. The SMILES string of the molecule is NCC1(C(=O)NC2CCCC2CO)CCCCCC1. The summed E-state index contributed by atoms with van der Waals surface area (Å²) in [7, 11) is 0. The van der Waals surface area contributed by atoms with Gasteiger partial charge in [0.1, 0.15) is 0 Å². The van der Waals surface area contributed by atoms with E-state index in [9.17, 15) is 9.90 Å². The number of amides is 1. The van der Waals surface area contributed by atoms with Crippen LogP contribution in [0.5, 0.6) is 0 Å². The van der Waals surface area contributed by atoms with Crippen LogP contribution in [0, 0.1) is 11.3 Å². The lowest BCUT2D eigenvalue weighted by Crippen LogP contribution is -2.50. The molecule has 2 saturated carbocycles. The van der Waals surface area contributed by atoms with Gasteiger partial charge < -0.3 is 16.2 Å². The largest absolute Gasteiger partial charge is 0.396 e. The van der Waals surface area contributed by atoms with Crippen molar-refractivity contribution in [3.05, 3.63) is 0 Å². The van der Waals surface area contributed by atoms with E-state index in [1.165, 1.54) is 12.8 Å². The summed E-state index contributed by atoms with van der Waals surface area (Å²) in [6, 6.07) is 0.157. The highest BCUT2D eigenvalue weighted by Crippen LogP contribution is 2.35. The van der Waals surface area contributed by atoms with Gasteiger partial charge >= 0.3 is 0 Å². The number of carbonyl (C=O) groups excluding carboxylic acids is 1. The molecule has 2 fully saturated rings. The highest BCUT2D eigenvalue weighted by atomic mass is 16.3. The van der Waals surface area contributed by atoms with Crippen molar-refractivity contribution in [2.45, 2.75) is 63.8 Å². The zero-order valence-electron chi connectivity index (χ0n) is 11.9. The number of nitrogens with two attached hydrogens (primary N) is 1. The number of aliphatic hydroxyl groups excluding tert-OH is 1. The van der Waals surface area contributed by atoms with E-state index in [4.69, 9.17) is 5.73 Å². The lowest BCUT2D eigenvalue weighted by atomic mass is 9.79. The van der Waals surface area contributed by atoms with E-state index in [0.29, 0.717) is 6.54 Å². The summed E-state index contributed by atoms with van der Waals surface area (Å²) >= 11 is 0. The Morgan fingerprint density at radius 3 is 2.42 bits per heavy atom. The molecule has 2 aliphatic rings. The molecular formula is C15H28N2O2. The van der Waals surface area contributed by atoms with Gasteiger partial charge in [0.25, 0.3) is 0 Å². The molecule has 0 radical (unpaired) electrons. The van der Waals surface area contributed by atoms with E-state index in [1.54, 1.807) is 0 Å². The van der Waals surface area contributed by atoms with Crippen molar-refractivity contribution in [2.24, 2.45) is 17.1 Å². The van der Waals surface area contributed by atoms with Gasteiger partial charge in [-0.2, -0.15) is 0 Å². The molecule has 2 unspecified atom stereocenters. The molecule has 19 heavy (non-hydrogen) atoms. The lowest BCUT2D eigenvalue weighted by molar-refractivity contribution is -0.132. The first-order chi connectivity index (χ1) is 9.22. The van der Waals surface area contributed by atoms with E-state index in [0.717, 1.165) is 44.9 Å². The van der Waals surface area contributed by atoms with Crippen LogP contribution in [0.3, 0.4) is 0 Å². The quantitative estimate of drug-likeness (QED) is 0.677. The fourth-order valence-corrected chi connectivity index (χ4v) is 3.70. The van der Waals surface area contributed by atoms with Gasteiger partial charge in [-0.3, -0.25) is 4.79 Å². The molecule has 0 aliphatic heterocycles. The standard InChI is InChI=1S/C15H28N2O2/c16-11-15(8-3-1-2-4-9-15)14(19)17-13-7-5-6-12(13)10-18/h12-13,18H,1-11,16H2,(H,17,19). The molecule has 4 N–H and O–H groups in total. The first-order valence-electron chi connectivity index (χ1n) is 7.84. The van der Waals surface area contributed by atoms with Crippen molar-refractivity contribution in [1.29, 1.82) is 0 Å². The molecule has 0 heterocycles. The fraction of sp³-hybridized carbons (Fsp3) is 0.933. The number of hydrogen-bond acceptors (Lipinski definition) is 3. The molecule has 2 aliphatic carbocycles. The third-order valence-corrected chi connectivity index (χ3v) is 5.14. The Morgan fingerprint density at radius 1 is 1.16 bits per heavy atom. The number of nitrogens with one attached hydrogen (secondary N) is 1. The second-order valence-corrected chi connectivity index (χ2v) is 6.35. The molecule has 110 valence electrons. The molecule has 4 heteroatoms. The van der Waals surface area contributed by atoms with Gasteiger partial charge in [-0.15, -0.1) is 0 Å². The van der Waals surface area contributed by atoms with Crippen LogP contribution in [0.4, 0.5) is 0 Å². The first-order valence-corrected chi connectivity index (χ1v) is 7.84. The predicted molar refractivity (Wildman–Crippen MR) is 75.5 cm³/mol. The van der Waals surface area contributed by atoms with Crippen molar-refractivity contribution in [1.82, 2.24) is 5.32 Å². The zero-order valence-corrected chi connectivity index (χ0v) is 11.9. The molecule has 1 amide bonds. The molecule has 0 aromatic rings. The van der Waals surface area contributed by atoms with Crippen molar-refractivity contribution >= 4 is 5.91 Å². The second-order valence-electron chi connectivity index (χ2n) is 6.35.